The number of hydrazine groups is 1. The molecule has 0 radical (unpaired) electrons. The number of nitrogens with zero attached hydrogens (tertiary/aromatic N) is 5. The molecule has 3 aromatic carbocycles. The first kappa shape index (κ1) is 29.3. The van der Waals surface area contributed by atoms with Crippen LogP contribution in [0.25, 0.3) is 23.0 Å². The maximum absolute atomic E-state index is 12.4. The minimum Gasteiger partial charge on any atom is -0.282 e. The molecule has 2 aliphatic rings. The van der Waals surface area contributed by atoms with Gasteiger partial charge in [-0.25, -0.2) is 5.43 Å². The van der Waals surface area contributed by atoms with Crippen LogP contribution in [0.15, 0.2) is 124 Å². The molecule has 1 aliphatic heterocycles. The van der Waals surface area contributed by atoms with Crippen molar-refractivity contribution in [1.82, 2.24) is 25.5 Å². The first-order chi connectivity index (χ1) is 21.1. The second-order valence-corrected chi connectivity index (χ2v) is 12.8. The summed E-state index contributed by atoms with van der Waals surface area (Å²) in [5, 5.41) is 14.4. The average Bonchev–Trinajstić information content (AvgIpc) is 3.71. The summed E-state index contributed by atoms with van der Waals surface area (Å²) in [6, 6.07) is 22.9. The van der Waals surface area contributed by atoms with Gasteiger partial charge in [0.05, 0.1) is 28.5 Å². The van der Waals surface area contributed by atoms with E-state index in [4.69, 9.17) is 0 Å². The second-order valence-electron chi connectivity index (χ2n) is 10.0. The molecule has 44 heavy (non-hydrogen) atoms. The lowest BCUT2D eigenvalue weighted by Crippen LogP contribution is -2.31. The van der Waals surface area contributed by atoms with Gasteiger partial charge in [0.1, 0.15) is 10.6 Å². The summed E-state index contributed by atoms with van der Waals surface area (Å²) in [4.78, 5) is 0.538. The molecule has 0 amide bonds. The van der Waals surface area contributed by atoms with Gasteiger partial charge in [-0.3, -0.25) is 9.11 Å². The number of hydrogen-bond donors (Lipinski definition) is 3. The number of hydrazone groups is 1. The maximum atomic E-state index is 12.4. The van der Waals surface area contributed by atoms with Gasteiger partial charge in [0, 0.05) is 17.7 Å². The molecule has 2 atom stereocenters. The van der Waals surface area contributed by atoms with Gasteiger partial charge in [0.25, 0.3) is 20.2 Å². The Hall–Kier alpha value is -4.73. The summed E-state index contributed by atoms with van der Waals surface area (Å²) >= 11 is 0. The lowest BCUT2D eigenvalue weighted by molar-refractivity contribution is 0.278. The third-order valence-corrected chi connectivity index (χ3v) is 9.03. The van der Waals surface area contributed by atoms with Crippen molar-refractivity contribution in [2.24, 2.45) is 11.0 Å². The zero-order valence-electron chi connectivity index (χ0n) is 22.9. The average molecular weight is 631 g/mol. The number of hydrogen-bond acceptors (Lipinski definition) is 9. The van der Waals surface area contributed by atoms with E-state index in [1.807, 2.05) is 60.7 Å². The van der Waals surface area contributed by atoms with Gasteiger partial charge in [-0.05, 0) is 35.8 Å². The molecule has 14 heteroatoms. The number of allylic oxidation sites excluding steroid dienone is 4. The molecule has 12 nitrogen and oxygen atoms in total. The molecule has 2 unspecified atom stereocenters. The van der Waals surface area contributed by atoms with Gasteiger partial charge < -0.3 is 0 Å². The van der Waals surface area contributed by atoms with Crippen molar-refractivity contribution < 1.29 is 25.9 Å². The smallest absolute Gasteiger partial charge is 0.282 e. The van der Waals surface area contributed by atoms with Gasteiger partial charge in [0.15, 0.2) is 0 Å². The van der Waals surface area contributed by atoms with Crippen molar-refractivity contribution in [3.05, 3.63) is 125 Å². The Morgan fingerprint density at radius 3 is 2.34 bits per heavy atom. The maximum Gasteiger partial charge on any atom is 0.295 e. The molecule has 2 heterocycles. The van der Waals surface area contributed by atoms with Gasteiger partial charge in [-0.1, -0.05) is 85.0 Å². The Bertz CT molecular complexity index is 2040. The highest BCUT2D eigenvalue weighted by Crippen LogP contribution is 2.32. The Kier molecular flexibility index (Phi) is 7.84. The van der Waals surface area contributed by atoms with Crippen LogP contribution in [0.4, 0.5) is 0 Å². The molecular weight excluding hydrogens is 605 g/mol. The van der Waals surface area contributed by atoms with E-state index < -0.39 is 31.0 Å². The first-order valence-electron chi connectivity index (χ1n) is 13.4. The third kappa shape index (κ3) is 6.29. The summed E-state index contributed by atoms with van der Waals surface area (Å²) in [5.74, 6) is -0.819. The fraction of sp³-hybridized carbons (Fsp3) is 0.100. The highest BCUT2D eigenvalue weighted by atomic mass is 32.2. The van der Waals surface area contributed by atoms with Crippen LogP contribution in [0.3, 0.4) is 0 Å². The highest BCUT2D eigenvalue weighted by molar-refractivity contribution is 7.89. The largest absolute Gasteiger partial charge is 0.295 e. The number of nitrogens with one attached hydrogen (secondary N) is 1. The van der Waals surface area contributed by atoms with E-state index in [0.29, 0.717) is 11.4 Å². The molecule has 3 N–H and O–H groups in total. The van der Waals surface area contributed by atoms with E-state index in [2.05, 4.69) is 20.7 Å². The minimum atomic E-state index is -4.70. The van der Waals surface area contributed by atoms with Crippen molar-refractivity contribution in [2.75, 3.05) is 0 Å². The van der Waals surface area contributed by atoms with Crippen LogP contribution in [0, 0.1) is 5.92 Å². The van der Waals surface area contributed by atoms with E-state index in [1.165, 1.54) is 46.5 Å². The third-order valence-electron chi connectivity index (χ3n) is 7.11. The summed E-state index contributed by atoms with van der Waals surface area (Å²) in [6.45, 7) is 0. The minimum absolute atomic E-state index is 0.104. The molecule has 0 saturated heterocycles. The van der Waals surface area contributed by atoms with Crippen molar-refractivity contribution in [3.8, 4) is 16.9 Å². The van der Waals surface area contributed by atoms with Crippen molar-refractivity contribution in [3.63, 3.8) is 0 Å². The van der Waals surface area contributed by atoms with Crippen LogP contribution < -0.4 is 5.43 Å². The monoisotopic (exact) mass is 630 g/mol. The van der Waals surface area contributed by atoms with Gasteiger partial charge in [-0.15, -0.1) is 5.10 Å². The van der Waals surface area contributed by atoms with Gasteiger partial charge >= 0.3 is 0 Å². The Balaban J connectivity index is 1.25. The summed E-state index contributed by atoms with van der Waals surface area (Å²) in [5.41, 5.74) is 6.34. The fourth-order valence-electron chi connectivity index (χ4n) is 4.91. The number of aromatic nitrogens is 3. The van der Waals surface area contributed by atoms with Crippen LogP contribution in [0.1, 0.15) is 23.6 Å². The van der Waals surface area contributed by atoms with Crippen molar-refractivity contribution >= 4 is 32.5 Å². The summed E-state index contributed by atoms with van der Waals surface area (Å²) in [6.07, 6.45) is 9.30. The molecular formula is C30H26N6O6S2. The van der Waals surface area contributed by atoms with Gasteiger partial charge in [-0.2, -0.15) is 37.0 Å². The summed E-state index contributed by atoms with van der Waals surface area (Å²) in [7, 11) is -9.33. The standard InChI is InChI=1S/C30H26N6O6S2/c37-43(38,39)29-17-25(35-31-19-27(33-35)21-7-3-1-4-8-21)15-13-23(29)11-12-24-14-16-26(18-30(24)44(40,41)42)36-32-20-28(34-36)22-9-5-2-6-10-22/h1-13,15-20,24,28,34H,14H2,(H,37,38,39)(H,40,41,42)/b12-11+. The van der Waals surface area contributed by atoms with Crippen LogP contribution in [0.2, 0.25) is 0 Å². The zero-order chi connectivity index (χ0) is 30.9. The quantitative estimate of drug-likeness (QED) is 0.237. The molecule has 224 valence electrons. The number of benzene rings is 3. The van der Waals surface area contributed by atoms with E-state index in [-0.39, 0.29) is 28.6 Å². The van der Waals surface area contributed by atoms with E-state index in [9.17, 15) is 25.9 Å². The Labute approximate surface area is 253 Å². The normalized spacial score (nSPS) is 18.9. The van der Waals surface area contributed by atoms with E-state index >= 15 is 0 Å². The number of rotatable bonds is 8. The molecule has 1 aromatic heterocycles. The Morgan fingerprint density at radius 2 is 1.64 bits per heavy atom. The zero-order valence-corrected chi connectivity index (χ0v) is 24.5. The van der Waals surface area contributed by atoms with Crippen molar-refractivity contribution in [2.45, 2.75) is 17.4 Å². The van der Waals surface area contributed by atoms with Crippen molar-refractivity contribution in [1.29, 1.82) is 0 Å². The predicted octanol–water partition coefficient (Wildman–Crippen LogP) is 4.42. The molecule has 0 saturated carbocycles. The van der Waals surface area contributed by atoms with Crippen LogP contribution in [-0.4, -0.2) is 52.3 Å². The fourth-order valence-corrected chi connectivity index (χ4v) is 6.44. The first-order valence-corrected chi connectivity index (χ1v) is 16.3. The van der Waals surface area contributed by atoms with Crippen LogP contribution in [0.5, 0.6) is 0 Å². The molecule has 0 fully saturated rings. The molecule has 6 rings (SSSR count). The van der Waals surface area contributed by atoms with E-state index in [1.54, 1.807) is 18.4 Å². The highest BCUT2D eigenvalue weighted by Gasteiger charge is 2.29. The lowest BCUT2D eigenvalue weighted by Gasteiger charge is -2.24. The molecule has 1 aliphatic carbocycles. The van der Waals surface area contributed by atoms with Gasteiger partial charge in [0.2, 0.25) is 0 Å². The summed E-state index contributed by atoms with van der Waals surface area (Å²) < 4.78 is 69.5. The van der Waals surface area contributed by atoms with Crippen LogP contribution in [-0.2, 0) is 20.2 Å². The molecule has 0 bridgehead atoms. The molecule has 4 aromatic rings. The van der Waals surface area contributed by atoms with Crippen LogP contribution >= 0.6 is 0 Å². The SMILES string of the molecule is O=S(=O)(O)C1=CC(N2N=CC(c3ccccc3)N2)=CCC1/C=C/c1ccc(-n2ncc(-c3ccccc3)n2)cc1S(=O)(=O)O. The second kappa shape index (κ2) is 11.7. The lowest BCUT2D eigenvalue weighted by atomic mass is 9.97. The topological polar surface area (TPSA) is 167 Å². The Morgan fingerprint density at radius 1 is 0.909 bits per heavy atom. The molecule has 0 spiro atoms. The van der Waals surface area contributed by atoms with E-state index in [0.717, 1.165) is 11.1 Å². The predicted molar refractivity (Wildman–Crippen MR) is 164 cm³/mol.